The Kier molecular flexibility index (Phi) is 3.76. The van der Waals surface area contributed by atoms with Crippen molar-refractivity contribution in [2.24, 2.45) is 0 Å². The van der Waals surface area contributed by atoms with E-state index in [0.29, 0.717) is 0 Å². The number of nitrogens with zero attached hydrogens (tertiary/aromatic N) is 2. The van der Waals surface area contributed by atoms with Gasteiger partial charge in [0.1, 0.15) is 10.8 Å². The van der Waals surface area contributed by atoms with Crippen LogP contribution in [0.15, 0.2) is 91.0 Å². The second-order valence-electron chi connectivity index (χ2n) is 7.06. The third-order valence-corrected chi connectivity index (χ3v) is 6.26. The SMILES string of the molecule is Oc1ccc(N2c3ccccc3Oc3ccccc32)cc1-c1nc2ccccc2s1. The summed E-state index contributed by atoms with van der Waals surface area (Å²) in [6, 6.07) is 29.6. The lowest BCUT2D eigenvalue weighted by Gasteiger charge is -2.33. The molecule has 1 aliphatic heterocycles. The van der Waals surface area contributed by atoms with Crippen molar-refractivity contribution in [3.05, 3.63) is 91.0 Å². The third-order valence-electron chi connectivity index (χ3n) is 5.19. The molecule has 5 heteroatoms. The minimum absolute atomic E-state index is 0.215. The molecule has 144 valence electrons. The lowest BCUT2D eigenvalue weighted by atomic mass is 10.1. The molecule has 6 rings (SSSR count). The Morgan fingerprint density at radius 2 is 1.43 bits per heavy atom. The summed E-state index contributed by atoms with van der Waals surface area (Å²) < 4.78 is 7.20. The average molecular weight is 408 g/mol. The number of aromatic hydroxyl groups is 1. The molecule has 4 aromatic carbocycles. The van der Waals surface area contributed by atoms with Crippen molar-refractivity contribution in [1.82, 2.24) is 4.98 Å². The number of anilines is 3. The summed E-state index contributed by atoms with van der Waals surface area (Å²) in [6.45, 7) is 0. The Hall–Kier alpha value is -3.83. The lowest BCUT2D eigenvalue weighted by Crippen LogP contribution is -2.15. The van der Waals surface area contributed by atoms with Crippen LogP contribution in [0.25, 0.3) is 20.8 Å². The minimum atomic E-state index is 0.215. The highest BCUT2D eigenvalue weighted by molar-refractivity contribution is 7.21. The topological polar surface area (TPSA) is 45.6 Å². The van der Waals surface area contributed by atoms with Crippen molar-refractivity contribution in [3.63, 3.8) is 0 Å². The molecule has 0 saturated heterocycles. The van der Waals surface area contributed by atoms with E-state index in [9.17, 15) is 5.11 Å². The monoisotopic (exact) mass is 408 g/mol. The Labute approximate surface area is 177 Å². The van der Waals surface area contributed by atoms with Gasteiger partial charge in [0.05, 0.1) is 27.2 Å². The number of benzene rings is 4. The van der Waals surface area contributed by atoms with Gasteiger partial charge in [-0.2, -0.15) is 0 Å². The molecule has 2 heterocycles. The average Bonchev–Trinajstić information content (AvgIpc) is 3.22. The zero-order chi connectivity index (χ0) is 20.1. The van der Waals surface area contributed by atoms with Gasteiger partial charge in [-0.05, 0) is 54.6 Å². The molecule has 0 bridgehead atoms. The van der Waals surface area contributed by atoms with Gasteiger partial charge >= 0.3 is 0 Å². The lowest BCUT2D eigenvalue weighted by molar-refractivity contribution is 0.476. The molecule has 0 aliphatic carbocycles. The largest absolute Gasteiger partial charge is 0.507 e. The molecule has 1 aromatic heterocycles. The number of hydrogen-bond donors (Lipinski definition) is 1. The number of thiazole rings is 1. The van der Waals surface area contributed by atoms with Crippen LogP contribution in [0.5, 0.6) is 17.2 Å². The number of ether oxygens (including phenoxy) is 1. The van der Waals surface area contributed by atoms with Gasteiger partial charge < -0.3 is 14.7 Å². The van der Waals surface area contributed by atoms with E-state index in [4.69, 9.17) is 9.72 Å². The number of aromatic nitrogens is 1. The number of rotatable bonds is 2. The van der Waals surface area contributed by atoms with Crippen LogP contribution in [-0.2, 0) is 0 Å². The zero-order valence-electron chi connectivity index (χ0n) is 15.8. The second kappa shape index (κ2) is 6.61. The van der Waals surface area contributed by atoms with Crippen LogP contribution in [0.4, 0.5) is 17.1 Å². The first kappa shape index (κ1) is 17.1. The Bertz CT molecular complexity index is 1330. The Morgan fingerprint density at radius 3 is 2.17 bits per heavy atom. The molecule has 0 amide bonds. The van der Waals surface area contributed by atoms with Crippen LogP contribution < -0.4 is 9.64 Å². The van der Waals surface area contributed by atoms with Gasteiger partial charge in [0.2, 0.25) is 0 Å². The van der Waals surface area contributed by atoms with Crippen molar-refractivity contribution in [3.8, 4) is 27.8 Å². The molecule has 1 aliphatic rings. The molecular weight excluding hydrogens is 392 g/mol. The summed E-state index contributed by atoms with van der Waals surface area (Å²) in [5.41, 5.74) is 4.50. The predicted molar refractivity (Wildman–Crippen MR) is 121 cm³/mol. The van der Waals surface area contributed by atoms with Crippen molar-refractivity contribution in [2.75, 3.05) is 4.90 Å². The number of fused-ring (bicyclic) bond motifs is 3. The van der Waals surface area contributed by atoms with Gasteiger partial charge in [-0.1, -0.05) is 36.4 Å². The van der Waals surface area contributed by atoms with Gasteiger partial charge in [0.15, 0.2) is 11.5 Å². The number of phenolic OH excluding ortho intramolecular Hbond substituents is 1. The van der Waals surface area contributed by atoms with Crippen molar-refractivity contribution < 1.29 is 9.84 Å². The summed E-state index contributed by atoms with van der Waals surface area (Å²) >= 11 is 1.58. The van der Waals surface area contributed by atoms with E-state index >= 15 is 0 Å². The fourth-order valence-electron chi connectivity index (χ4n) is 3.80. The third kappa shape index (κ3) is 2.64. The van der Waals surface area contributed by atoms with E-state index in [1.807, 2.05) is 84.9 Å². The minimum Gasteiger partial charge on any atom is -0.507 e. The summed E-state index contributed by atoms with van der Waals surface area (Å²) in [6.07, 6.45) is 0. The van der Waals surface area contributed by atoms with Crippen molar-refractivity contribution in [1.29, 1.82) is 0 Å². The smallest absolute Gasteiger partial charge is 0.151 e. The summed E-state index contributed by atoms with van der Waals surface area (Å²) in [5.74, 6) is 1.81. The van der Waals surface area contributed by atoms with Gasteiger partial charge in [0, 0.05) is 5.69 Å². The Morgan fingerprint density at radius 1 is 0.767 bits per heavy atom. The van der Waals surface area contributed by atoms with Crippen LogP contribution in [-0.4, -0.2) is 10.1 Å². The molecule has 1 N–H and O–H groups in total. The maximum absolute atomic E-state index is 10.6. The second-order valence-corrected chi connectivity index (χ2v) is 8.09. The maximum atomic E-state index is 10.6. The summed E-state index contributed by atoms with van der Waals surface area (Å²) in [7, 11) is 0. The van der Waals surface area contributed by atoms with Gasteiger partial charge in [-0.25, -0.2) is 4.98 Å². The predicted octanol–water partition coefficient (Wildman–Crippen LogP) is 7.24. The summed E-state index contributed by atoms with van der Waals surface area (Å²) in [5, 5.41) is 11.4. The summed E-state index contributed by atoms with van der Waals surface area (Å²) in [4.78, 5) is 6.89. The molecule has 0 radical (unpaired) electrons. The molecular formula is C25H16N2O2S. The first-order valence-corrected chi connectivity index (χ1v) is 10.4. The van der Waals surface area contributed by atoms with E-state index in [1.54, 1.807) is 17.4 Å². The number of hydrogen-bond acceptors (Lipinski definition) is 5. The van der Waals surface area contributed by atoms with E-state index < -0.39 is 0 Å². The normalized spacial score (nSPS) is 12.3. The van der Waals surface area contributed by atoms with Gasteiger partial charge in [0.25, 0.3) is 0 Å². The molecule has 0 fully saturated rings. The molecule has 30 heavy (non-hydrogen) atoms. The van der Waals surface area contributed by atoms with Crippen LogP contribution >= 0.6 is 11.3 Å². The molecule has 5 aromatic rings. The fourth-order valence-corrected chi connectivity index (χ4v) is 4.80. The molecule has 0 spiro atoms. The highest BCUT2D eigenvalue weighted by atomic mass is 32.1. The molecule has 0 saturated carbocycles. The highest BCUT2D eigenvalue weighted by Crippen LogP contribution is 2.51. The molecule has 0 atom stereocenters. The van der Waals surface area contributed by atoms with Crippen molar-refractivity contribution >= 4 is 38.6 Å². The molecule has 4 nitrogen and oxygen atoms in total. The maximum Gasteiger partial charge on any atom is 0.151 e. The van der Waals surface area contributed by atoms with Crippen LogP contribution in [0, 0.1) is 0 Å². The van der Waals surface area contributed by atoms with Crippen molar-refractivity contribution in [2.45, 2.75) is 0 Å². The first-order chi connectivity index (χ1) is 14.8. The zero-order valence-corrected chi connectivity index (χ0v) is 16.6. The van der Waals surface area contributed by atoms with E-state index in [1.165, 1.54) is 0 Å². The van der Waals surface area contributed by atoms with Gasteiger partial charge in [-0.15, -0.1) is 11.3 Å². The van der Waals surface area contributed by atoms with E-state index in [0.717, 1.165) is 49.3 Å². The van der Waals surface area contributed by atoms with E-state index in [-0.39, 0.29) is 5.75 Å². The van der Waals surface area contributed by atoms with Crippen LogP contribution in [0.2, 0.25) is 0 Å². The number of phenols is 1. The standard InChI is InChI=1S/C25H16N2O2S/c28-21-14-13-16(15-17(21)25-26-18-7-1-6-12-24(18)30-25)27-19-8-2-4-10-22(19)29-23-11-5-3-9-20(23)27/h1-15,28H. The van der Waals surface area contributed by atoms with Gasteiger partial charge in [-0.3, -0.25) is 0 Å². The van der Waals surface area contributed by atoms with Crippen LogP contribution in [0.1, 0.15) is 0 Å². The van der Waals surface area contributed by atoms with Crippen LogP contribution in [0.3, 0.4) is 0 Å². The number of para-hydroxylation sites is 5. The first-order valence-electron chi connectivity index (χ1n) is 9.63. The highest BCUT2D eigenvalue weighted by Gasteiger charge is 2.26. The Balaban J connectivity index is 1.55. The molecule has 0 unspecified atom stereocenters. The fraction of sp³-hybridized carbons (Fsp3) is 0. The van der Waals surface area contributed by atoms with E-state index in [2.05, 4.69) is 4.90 Å². The quantitative estimate of drug-likeness (QED) is 0.328.